The van der Waals surface area contributed by atoms with Gasteiger partial charge >= 0.3 is 5.97 Å². The molecule has 3 aliphatic rings. The minimum absolute atomic E-state index is 0.259. The Bertz CT molecular complexity index is 395. The standard InChI is InChI=1S/C12H16O6/c13-8-9(14)11(15)17-10(8)7-6-16-12(18-7)4-2-1-3-5-12/h7,10,13-14H,1-6H2/t7-,10-/m1/s1. The molecular formula is C12H16O6. The van der Waals surface area contributed by atoms with Crippen LogP contribution in [0.4, 0.5) is 0 Å². The maximum atomic E-state index is 11.1. The van der Waals surface area contributed by atoms with Gasteiger partial charge in [0.05, 0.1) is 6.61 Å². The van der Waals surface area contributed by atoms with Crippen molar-refractivity contribution < 1.29 is 29.2 Å². The zero-order chi connectivity index (χ0) is 12.8. The van der Waals surface area contributed by atoms with Gasteiger partial charge < -0.3 is 24.4 Å². The second-order valence-electron chi connectivity index (χ2n) is 5.00. The first kappa shape index (κ1) is 11.8. The van der Waals surface area contributed by atoms with Gasteiger partial charge in [-0.1, -0.05) is 6.42 Å². The molecule has 0 aromatic carbocycles. The van der Waals surface area contributed by atoms with Crippen molar-refractivity contribution in [1.29, 1.82) is 0 Å². The van der Waals surface area contributed by atoms with Gasteiger partial charge in [-0.05, 0) is 12.8 Å². The maximum absolute atomic E-state index is 11.1. The van der Waals surface area contributed by atoms with Gasteiger partial charge in [0.25, 0.3) is 0 Å². The summed E-state index contributed by atoms with van der Waals surface area (Å²) in [4.78, 5) is 11.1. The number of esters is 1. The van der Waals surface area contributed by atoms with E-state index in [-0.39, 0.29) is 6.61 Å². The lowest BCUT2D eigenvalue weighted by Crippen LogP contribution is -2.36. The highest BCUT2D eigenvalue weighted by molar-refractivity contribution is 5.89. The molecule has 0 bridgehead atoms. The van der Waals surface area contributed by atoms with E-state index in [0.29, 0.717) is 0 Å². The Morgan fingerprint density at radius 2 is 1.89 bits per heavy atom. The molecule has 2 atom stereocenters. The Kier molecular flexibility index (Phi) is 2.71. The number of aliphatic hydroxyl groups is 2. The number of cyclic esters (lactones) is 1. The molecule has 6 heteroatoms. The number of ether oxygens (including phenoxy) is 3. The lowest BCUT2D eigenvalue weighted by molar-refractivity contribution is -0.197. The van der Waals surface area contributed by atoms with Gasteiger partial charge in [0.1, 0.15) is 6.10 Å². The van der Waals surface area contributed by atoms with E-state index in [4.69, 9.17) is 14.2 Å². The average Bonchev–Trinajstić information content (AvgIpc) is 2.88. The zero-order valence-electron chi connectivity index (χ0n) is 9.92. The SMILES string of the molecule is O=C1O[C@H]([C@H]2COC3(CCCCC3)O2)C(O)=C1O. The molecule has 1 saturated heterocycles. The summed E-state index contributed by atoms with van der Waals surface area (Å²) in [7, 11) is 0. The molecule has 0 unspecified atom stereocenters. The number of hydrogen-bond acceptors (Lipinski definition) is 6. The minimum Gasteiger partial charge on any atom is -0.505 e. The summed E-state index contributed by atoms with van der Waals surface area (Å²) >= 11 is 0. The van der Waals surface area contributed by atoms with Crippen LogP contribution >= 0.6 is 0 Å². The highest BCUT2D eigenvalue weighted by Crippen LogP contribution is 2.40. The maximum Gasteiger partial charge on any atom is 0.377 e. The smallest absolute Gasteiger partial charge is 0.377 e. The van der Waals surface area contributed by atoms with Gasteiger partial charge in [0.15, 0.2) is 17.7 Å². The first-order valence-electron chi connectivity index (χ1n) is 6.26. The van der Waals surface area contributed by atoms with Gasteiger partial charge in [0.2, 0.25) is 5.76 Å². The molecule has 1 saturated carbocycles. The van der Waals surface area contributed by atoms with Crippen LogP contribution in [-0.2, 0) is 19.0 Å². The van der Waals surface area contributed by atoms with Crippen LogP contribution in [0, 0.1) is 0 Å². The van der Waals surface area contributed by atoms with E-state index in [2.05, 4.69) is 0 Å². The van der Waals surface area contributed by atoms with Gasteiger partial charge in [-0.3, -0.25) is 0 Å². The Morgan fingerprint density at radius 3 is 2.50 bits per heavy atom. The molecule has 18 heavy (non-hydrogen) atoms. The van der Waals surface area contributed by atoms with Crippen LogP contribution in [0.2, 0.25) is 0 Å². The fraction of sp³-hybridized carbons (Fsp3) is 0.750. The molecular weight excluding hydrogens is 240 g/mol. The quantitative estimate of drug-likeness (QED) is 0.688. The Hall–Kier alpha value is -1.27. The van der Waals surface area contributed by atoms with Crippen molar-refractivity contribution in [2.24, 2.45) is 0 Å². The molecule has 0 radical (unpaired) electrons. The van der Waals surface area contributed by atoms with Gasteiger partial charge in [0, 0.05) is 12.8 Å². The lowest BCUT2D eigenvalue weighted by Gasteiger charge is -2.32. The first-order chi connectivity index (χ1) is 8.61. The zero-order valence-corrected chi connectivity index (χ0v) is 9.92. The second kappa shape index (κ2) is 4.13. The van der Waals surface area contributed by atoms with E-state index in [1.807, 2.05) is 0 Å². The molecule has 0 aromatic heterocycles. The first-order valence-corrected chi connectivity index (χ1v) is 6.26. The average molecular weight is 256 g/mol. The van der Waals surface area contributed by atoms with Crippen LogP contribution in [-0.4, -0.2) is 40.8 Å². The largest absolute Gasteiger partial charge is 0.505 e. The van der Waals surface area contributed by atoms with Crippen LogP contribution in [0.5, 0.6) is 0 Å². The number of carbonyl (C=O) groups is 1. The van der Waals surface area contributed by atoms with Crippen molar-refractivity contribution in [2.45, 2.75) is 50.1 Å². The summed E-state index contributed by atoms with van der Waals surface area (Å²) < 4.78 is 16.4. The lowest BCUT2D eigenvalue weighted by atomic mass is 9.94. The molecule has 2 aliphatic heterocycles. The summed E-state index contributed by atoms with van der Waals surface area (Å²) in [5, 5.41) is 18.9. The van der Waals surface area contributed by atoms with Crippen LogP contribution in [0.3, 0.4) is 0 Å². The van der Waals surface area contributed by atoms with Crippen LogP contribution in [0.15, 0.2) is 11.5 Å². The summed E-state index contributed by atoms with van der Waals surface area (Å²) in [6.45, 7) is 0.259. The molecule has 1 spiro atoms. The fourth-order valence-electron chi connectivity index (χ4n) is 2.80. The summed E-state index contributed by atoms with van der Waals surface area (Å²) in [5.74, 6) is -2.69. The Labute approximate surface area is 104 Å². The highest BCUT2D eigenvalue weighted by atomic mass is 16.8. The van der Waals surface area contributed by atoms with E-state index < -0.39 is 35.5 Å². The predicted octanol–water partition coefficient (Wildman–Crippen LogP) is 1.32. The molecule has 3 rings (SSSR count). The van der Waals surface area contributed by atoms with E-state index in [9.17, 15) is 15.0 Å². The van der Waals surface area contributed by atoms with Crippen LogP contribution < -0.4 is 0 Å². The van der Waals surface area contributed by atoms with Crippen molar-refractivity contribution in [3.63, 3.8) is 0 Å². The number of hydrogen-bond donors (Lipinski definition) is 2. The molecule has 1 aliphatic carbocycles. The molecule has 0 aromatic rings. The summed E-state index contributed by atoms with van der Waals surface area (Å²) in [5.41, 5.74) is 0. The monoisotopic (exact) mass is 256 g/mol. The Morgan fingerprint density at radius 1 is 1.17 bits per heavy atom. The van der Waals surface area contributed by atoms with Gasteiger partial charge in [-0.2, -0.15) is 0 Å². The van der Waals surface area contributed by atoms with E-state index in [1.165, 1.54) is 6.42 Å². The minimum atomic E-state index is -0.946. The van der Waals surface area contributed by atoms with Gasteiger partial charge in [-0.25, -0.2) is 4.79 Å². The third-order valence-electron chi connectivity index (χ3n) is 3.77. The number of rotatable bonds is 1. The van der Waals surface area contributed by atoms with E-state index in [0.717, 1.165) is 25.7 Å². The van der Waals surface area contributed by atoms with Crippen molar-refractivity contribution >= 4 is 5.97 Å². The molecule has 100 valence electrons. The molecule has 2 heterocycles. The molecule has 6 nitrogen and oxygen atoms in total. The summed E-state index contributed by atoms with van der Waals surface area (Å²) in [6, 6.07) is 0. The fourth-order valence-corrected chi connectivity index (χ4v) is 2.80. The van der Waals surface area contributed by atoms with E-state index in [1.54, 1.807) is 0 Å². The molecule has 2 N–H and O–H groups in total. The topological polar surface area (TPSA) is 85.2 Å². The molecule has 0 amide bonds. The van der Waals surface area contributed by atoms with E-state index >= 15 is 0 Å². The van der Waals surface area contributed by atoms with Crippen molar-refractivity contribution in [2.75, 3.05) is 6.61 Å². The third-order valence-corrected chi connectivity index (χ3v) is 3.77. The highest BCUT2D eigenvalue weighted by Gasteiger charge is 2.50. The van der Waals surface area contributed by atoms with Crippen molar-refractivity contribution in [3.05, 3.63) is 11.5 Å². The van der Waals surface area contributed by atoms with Gasteiger partial charge in [-0.15, -0.1) is 0 Å². The van der Waals surface area contributed by atoms with Crippen molar-refractivity contribution in [1.82, 2.24) is 0 Å². The number of aliphatic hydroxyl groups excluding tert-OH is 2. The normalized spacial score (nSPS) is 35.2. The van der Waals surface area contributed by atoms with Crippen LogP contribution in [0.1, 0.15) is 32.1 Å². The molecule has 2 fully saturated rings. The third kappa shape index (κ3) is 1.76. The second-order valence-corrected chi connectivity index (χ2v) is 5.00. The predicted molar refractivity (Wildman–Crippen MR) is 58.8 cm³/mol. The summed E-state index contributed by atoms with van der Waals surface area (Å²) in [6.07, 6.45) is 3.41. The van der Waals surface area contributed by atoms with Crippen molar-refractivity contribution in [3.8, 4) is 0 Å². The number of carbonyl (C=O) groups excluding carboxylic acids is 1. The Balaban J connectivity index is 1.71. The van der Waals surface area contributed by atoms with Crippen LogP contribution in [0.25, 0.3) is 0 Å².